The summed E-state index contributed by atoms with van der Waals surface area (Å²) in [7, 11) is 0. The number of hydrogen-bond donors (Lipinski definition) is 2. The minimum Gasteiger partial charge on any atom is -0.481 e. The van der Waals surface area contributed by atoms with Crippen molar-refractivity contribution in [2.75, 3.05) is 0 Å². The Morgan fingerprint density at radius 3 is 2.69 bits per heavy atom. The molecule has 0 saturated heterocycles. The number of carboxylic acids is 1. The topological polar surface area (TPSA) is 76.2 Å². The number of pyridine rings is 1. The summed E-state index contributed by atoms with van der Waals surface area (Å²) in [5, 5.41) is 8.53. The molecule has 7 heteroatoms. The predicted octanol–water partition coefficient (Wildman–Crippen LogP) is 1.76. The van der Waals surface area contributed by atoms with Gasteiger partial charge in [-0.2, -0.15) is 0 Å². The lowest BCUT2D eigenvalue weighted by atomic mass is 10.0. The van der Waals surface area contributed by atoms with Crippen molar-refractivity contribution in [2.45, 2.75) is 19.4 Å². The van der Waals surface area contributed by atoms with Crippen LogP contribution in [0.1, 0.15) is 23.2 Å². The average molecular weight is 251 g/mol. The summed E-state index contributed by atoms with van der Waals surface area (Å²) in [6.07, 6.45) is -3.43. The first-order chi connectivity index (χ1) is 7.45. The van der Waals surface area contributed by atoms with Crippen LogP contribution in [0.15, 0.2) is 6.07 Å². The molecule has 0 bridgehead atoms. The zero-order valence-corrected chi connectivity index (χ0v) is 8.84. The molecule has 1 aromatic rings. The van der Waals surface area contributed by atoms with Gasteiger partial charge in [0.15, 0.2) is 0 Å². The molecule has 0 amide bonds. The number of carbonyl (C=O) groups is 1. The summed E-state index contributed by atoms with van der Waals surface area (Å²) in [5.41, 5.74) is 4.73. The van der Waals surface area contributed by atoms with Crippen molar-refractivity contribution in [1.29, 1.82) is 0 Å². The van der Waals surface area contributed by atoms with E-state index in [9.17, 15) is 13.6 Å². The molecule has 0 aliphatic carbocycles. The monoisotopic (exact) mass is 250 g/mol. The van der Waals surface area contributed by atoms with Gasteiger partial charge >= 0.3 is 5.97 Å². The van der Waals surface area contributed by atoms with E-state index in [4.69, 9.17) is 22.4 Å². The van der Waals surface area contributed by atoms with Gasteiger partial charge in [0.1, 0.15) is 5.15 Å². The maximum absolute atomic E-state index is 12.7. The molecular formula is C9H9ClF2N2O2. The van der Waals surface area contributed by atoms with E-state index in [-0.39, 0.29) is 23.0 Å². The number of nitrogens with two attached hydrogens (primary N) is 1. The second-order valence-electron chi connectivity index (χ2n) is 3.04. The van der Waals surface area contributed by atoms with Crippen molar-refractivity contribution >= 4 is 17.6 Å². The Balaban J connectivity index is 3.32. The summed E-state index contributed by atoms with van der Waals surface area (Å²) in [4.78, 5) is 14.1. The van der Waals surface area contributed by atoms with E-state index < -0.39 is 24.4 Å². The van der Waals surface area contributed by atoms with Crippen LogP contribution >= 0.6 is 11.6 Å². The molecule has 3 N–H and O–H groups in total. The van der Waals surface area contributed by atoms with Gasteiger partial charge in [0.05, 0.1) is 12.1 Å². The Hall–Kier alpha value is -1.27. The van der Waals surface area contributed by atoms with Gasteiger partial charge in [-0.05, 0) is 11.6 Å². The number of carboxylic acid groups (broad SMARTS) is 1. The Bertz CT molecular complexity index is 413. The molecule has 0 atom stereocenters. The van der Waals surface area contributed by atoms with Crippen LogP contribution in [-0.4, -0.2) is 16.1 Å². The fourth-order valence-electron chi connectivity index (χ4n) is 1.34. The van der Waals surface area contributed by atoms with E-state index in [2.05, 4.69) is 4.98 Å². The zero-order chi connectivity index (χ0) is 12.3. The van der Waals surface area contributed by atoms with Gasteiger partial charge in [0.2, 0.25) is 0 Å². The molecular weight excluding hydrogens is 242 g/mol. The highest BCUT2D eigenvalue weighted by molar-refractivity contribution is 6.29. The van der Waals surface area contributed by atoms with Crippen LogP contribution in [0.2, 0.25) is 5.15 Å². The standard InChI is InChI=1S/C9H9ClF2N2O2/c10-6-1-4(3-13)8(9(11)12)5(14-6)2-7(15)16/h1,9H,2-3,13H2,(H,15,16). The van der Waals surface area contributed by atoms with Crippen LogP contribution in [0.4, 0.5) is 8.78 Å². The van der Waals surface area contributed by atoms with Crippen molar-refractivity contribution in [3.63, 3.8) is 0 Å². The zero-order valence-electron chi connectivity index (χ0n) is 8.08. The molecule has 88 valence electrons. The minimum atomic E-state index is -2.82. The number of halogens is 3. The van der Waals surface area contributed by atoms with Crippen molar-refractivity contribution in [3.05, 3.63) is 28.0 Å². The number of rotatable bonds is 4. The van der Waals surface area contributed by atoms with Crippen LogP contribution in [0.3, 0.4) is 0 Å². The van der Waals surface area contributed by atoms with Crippen molar-refractivity contribution < 1.29 is 18.7 Å². The average Bonchev–Trinajstić information content (AvgIpc) is 2.14. The molecule has 0 aliphatic heterocycles. The first kappa shape index (κ1) is 12.8. The van der Waals surface area contributed by atoms with E-state index in [1.165, 1.54) is 6.07 Å². The molecule has 0 unspecified atom stereocenters. The molecule has 0 radical (unpaired) electrons. The smallest absolute Gasteiger partial charge is 0.309 e. The SMILES string of the molecule is NCc1cc(Cl)nc(CC(=O)O)c1C(F)F. The lowest BCUT2D eigenvalue weighted by Gasteiger charge is -2.11. The molecule has 0 saturated carbocycles. The third-order valence-corrected chi connectivity index (χ3v) is 2.14. The Labute approximate surface area is 95.0 Å². The molecule has 0 fully saturated rings. The molecule has 0 aliphatic rings. The van der Waals surface area contributed by atoms with Crippen LogP contribution in [-0.2, 0) is 17.8 Å². The second kappa shape index (κ2) is 5.18. The second-order valence-corrected chi connectivity index (χ2v) is 3.43. The summed E-state index contributed by atoms with van der Waals surface area (Å²) < 4.78 is 25.5. The van der Waals surface area contributed by atoms with E-state index in [0.717, 1.165) is 0 Å². The normalized spacial score (nSPS) is 10.8. The lowest BCUT2D eigenvalue weighted by molar-refractivity contribution is -0.136. The van der Waals surface area contributed by atoms with Gasteiger partial charge in [-0.3, -0.25) is 4.79 Å². The van der Waals surface area contributed by atoms with E-state index >= 15 is 0 Å². The van der Waals surface area contributed by atoms with Crippen molar-refractivity contribution in [1.82, 2.24) is 4.98 Å². The summed E-state index contributed by atoms with van der Waals surface area (Å²) in [6.45, 7) is -0.144. The summed E-state index contributed by atoms with van der Waals surface area (Å²) in [6, 6.07) is 1.22. The highest BCUT2D eigenvalue weighted by Crippen LogP contribution is 2.28. The van der Waals surface area contributed by atoms with Gasteiger partial charge in [0, 0.05) is 12.1 Å². The number of aromatic nitrogens is 1. The van der Waals surface area contributed by atoms with Gasteiger partial charge in [0.25, 0.3) is 6.43 Å². The fourth-order valence-corrected chi connectivity index (χ4v) is 1.57. The lowest BCUT2D eigenvalue weighted by Crippen LogP contribution is -2.11. The molecule has 0 aromatic carbocycles. The van der Waals surface area contributed by atoms with Crippen molar-refractivity contribution in [3.8, 4) is 0 Å². The molecule has 1 heterocycles. The summed E-state index contributed by atoms with van der Waals surface area (Å²) in [5.74, 6) is -1.25. The quantitative estimate of drug-likeness (QED) is 0.799. The highest BCUT2D eigenvalue weighted by atomic mass is 35.5. The molecule has 0 spiro atoms. The van der Waals surface area contributed by atoms with Crippen LogP contribution in [0, 0.1) is 0 Å². The van der Waals surface area contributed by atoms with E-state index in [1.807, 2.05) is 0 Å². The maximum atomic E-state index is 12.7. The van der Waals surface area contributed by atoms with Crippen LogP contribution in [0.25, 0.3) is 0 Å². The van der Waals surface area contributed by atoms with Gasteiger partial charge in [-0.1, -0.05) is 11.6 Å². The number of nitrogens with zero attached hydrogens (tertiary/aromatic N) is 1. The van der Waals surface area contributed by atoms with E-state index in [1.54, 1.807) is 0 Å². The third-order valence-electron chi connectivity index (χ3n) is 1.95. The largest absolute Gasteiger partial charge is 0.481 e. The molecule has 1 aromatic heterocycles. The Kier molecular flexibility index (Phi) is 4.14. The van der Waals surface area contributed by atoms with Gasteiger partial charge in [-0.15, -0.1) is 0 Å². The Morgan fingerprint density at radius 2 is 2.25 bits per heavy atom. The molecule has 1 rings (SSSR count). The fraction of sp³-hybridized carbons (Fsp3) is 0.333. The van der Waals surface area contributed by atoms with Crippen molar-refractivity contribution in [2.24, 2.45) is 5.73 Å². The minimum absolute atomic E-state index is 0.0406. The van der Waals surface area contributed by atoms with E-state index in [0.29, 0.717) is 0 Å². The van der Waals surface area contributed by atoms with Gasteiger partial charge in [-0.25, -0.2) is 13.8 Å². The maximum Gasteiger partial charge on any atom is 0.309 e. The highest BCUT2D eigenvalue weighted by Gasteiger charge is 2.21. The number of aliphatic carboxylic acids is 1. The van der Waals surface area contributed by atoms with Gasteiger partial charge < -0.3 is 10.8 Å². The first-order valence-electron chi connectivity index (χ1n) is 4.34. The van der Waals surface area contributed by atoms with Crippen LogP contribution < -0.4 is 5.73 Å². The summed E-state index contributed by atoms with van der Waals surface area (Å²) >= 11 is 5.58. The van der Waals surface area contributed by atoms with Crippen LogP contribution in [0.5, 0.6) is 0 Å². The molecule has 4 nitrogen and oxygen atoms in total. The number of alkyl halides is 2. The Morgan fingerprint density at radius 1 is 1.62 bits per heavy atom. The molecule has 16 heavy (non-hydrogen) atoms. The first-order valence-corrected chi connectivity index (χ1v) is 4.71. The number of hydrogen-bond acceptors (Lipinski definition) is 3. The predicted molar refractivity (Wildman–Crippen MR) is 53.4 cm³/mol. The third kappa shape index (κ3) is 2.86.